The summed E-state index contributed by atoms with van der Waals surface area (Å²) in [6, 6.07) is 25.9. The molecule has 1 aromatic heterocycles. The number of hydrogen-bond donors (Lipinski definition) is 0. The van der Waals surface area contributed by atoms with Crippen molar-refractivity contribution in [3.05, 3.63) is 193 Å². The molecule has 0 bridgehead atoms. The SMILES string of the molecule is [2H]c1c([2H])c([2H])c(Cc2c3c([2H])c([2H])c([2H])c([2H])c3c(-c3ccc(-c4cccc5oc6c(-c7ccccc7)cccc6c45)c4ccccc34)c3c([2H])c([2H])c([2H])c([2H])c23)c([2H])c1[2H]. The van der Waals surface area contributed by atoms with Crippen LogP contribution in [0.25, 0.3) is 87.6 Å². The maximum atomic E-state index is 9.43. The topological polar surface area (TPSA) is 13.1 Å². The van der Waals surface area contributed by atoms with E-state index in [0.29, 0.717) is 16.5 Å². The summed E-state index contributed by atoms with van der Waals surface area (Å²) in [6.45, 7) is 0. The molecule has 0 N–H and O–H groups in total. The molecule has 0 aliphatic carbocycles. The van der Waals surface area contributed by atoms with Crippen molar-refractivity contribution in [1.82, 2.24) is 0 Å². The van der Waals surface area contributed by atoms with Crippen LogP contribution in [0.4, 0.5) is 0 Å². The summed E-state index contributed by atoms with van der Waals surface area (Å²) < 4.78 is 122. The molecule has 9 aromatic carbocycles. The van der Waals surface area contributed by atoms with Crippen LogP contribution in [0.3, 0.4) is 0 Å². The number of fused-ring (bicyclic) bond motifs is 6. The first kappa shape index (κ1) is 18.4. The fourth-order valence-electron chi connectivity index (χ4n) is 7.36. The third-order valence-electron chi connectivity index (χ3n) is 9.47. The van der Waals surface area contributed by atoms with E-state index < -0.39 is 85.0 Å². The van der Waals surface area contributed by atoms with Crippen LogP contribution in [0.2, 0.25) is 0 Å². The summed E-state index contributed by atoms with van der Waals surface area (Å²) in [5.41, 5.74) is 5.42. The maximum Gasteiger partial charge on any atom is 0.143 e. The minimum absolute atomic E-state index is 0.0180. The van der Waals surface area contributed by atoms with Crippen molar-refractivity contribution in [1.29, 1.82) is 0 Å². The third kappa shape index (κ3) is 4.48. The highest BCUT2D eigenvalue weighted by atomic mass is 16.3. The summed E-state index contributed by atoms with van der Waals surface area (Å²) >= 11 is 0. The molecule has 0 saturated carbocycles. The highest BCUT2D eigenvalue weighted by Gasteiger charge is 2.20. The lowest BCUT2D eigenvalue weighted by molar-refractivity contribution is 0.670. The first-order valence-corrected chi connectivity index (χ1v) is 16.3. The lowest BCUT2D eigenvalue weighted by Crippen LogP contribution is -1.96. The lowest BCUT2D eigenvalue weighted by Gasteiger charge is -2.19. The van der Waals surface area contributed by atoms with Gasteiger partial charge in [-0.1, -0.05) is 176 Å². The third-order valence-corrected chi connectivity index (χ3v) is 9.47. The second-order valence-electron chi connectivity index (χ2n) is 12.2. The van der Waals surface area contributed by atoms with Gasteiger partial charge in [-0.2, -0.15) is 0 Å². The molecule has 234 valence electrons. The van der Waals surface area contributed by atoms with Gasteiger partial charge >= 0.3 is 0 Å². The van der Waals surface area contributed by atoms with Crippen molar-refractivity contribution >= 4 is 54.3 Å². The Morgan fingerprint density at radius 2 is 1.00 bits per heavy atom. The second kappa shape index (κ2) is 11.6. The zero-order valence-corrected chi connectivity index (χ0v) is 26.4. The Hall–Kier alpha value is -6.44. The fraction of sp³-hybridized carbons (Fsp3) is 0.0204. The maximum absolute atomic E-state index is 9.43. The summed E-state index contributed by atoms with van der Waals surface area (Å²) in [5, 5.41) is 2.95. The van der Waals surface area contributed by atoms with Crippen molar-refractivity contribution in [3.63, 3.8) is 0 Å². The van der Waals surface area contributed by atoms with Crippen LogP contribution in [0, 0.1) is 0 Å². The van der Waals surface area contributed by atoms with E-state index in [9.17, 15) is 5.48 Å². The monoisotopic (exact) mass is 649 g/mol. The van der Waals surface area contributed by atoms with E-state index in [1.165, 1.54) is 0 Å². The van der Waals surface area contributed by atoms with Gasteiger partial charge in [-0.3, -0.25) is 0 Å². The first-order valence-electron chi connectivity index (χ1n) is 22.8. The molecule has 0 unspecified atom stereocenters. The van der Waals surface area contributed by atoms with Crippen molar-refractivity contribution in [2.75, 3.05) is 0 Å². The molecule has 10 aromatic rings. The van der Waals surface area contributed by atoms with Crippen molar-refractivity contribution in [2.45, 2.75) is 6.42 Å². The highest BCUT2D eigenvalue weighted by molar-refractivity contribution is 6.22. The van der Waals surface area contributed by atoms with Gasteiger partial charge in [0, 0.05) is 16.3 Å². The van der Waals surface area contributed by atoms with E-state index in [2.05, 4.69) is 0 Å². The molecule has 0 atom stereocenters. The van der Waals surface area contributed by atoms with Crippen LogP contribution < -0.4 is 0 Å². The smallest absolute Gasteiger partial charge is 0.143 e. The molecule has 10 rings (SSSR count). The predicted octanol–water partition coefficient (Wildman–Crippen LogP) is 13.6. The minimum atomic E-state index is -0.618. The highest BCUT2D eigenvalue weighted by Crippen LogP contribution is 2.46. The normalized spacial score (nSPS) is 15.3. The second-order valence-corrected chi connectivity index (χ2v) is 12.2. The fourth-order valence-corrected chi connectivity index (χ4v) is 7.36. The molecule has 0 saturated heterocycles. The molecule has 50 heavy (non-hydrogen) atoms. The molecule has 0 aliphatic heterocycles. The Balaban J connectivity index is 1.33. The average Bonchev–Trinajstić information content (AvgIpc) is 3.70. The Kier molecular flexibility index (Phi) is 4.26. The van der Waals surface area contributed by atoms with E-state index >= 15 is 0 Å². The summed E-state index contributed by atoms with van der Waals surface area (Å²) in [5.74, 6) is 0. The number of benzene rings is 9. The molecule has 0 radical (unpaired) electrons. The van der Waals surface area contributed by atoms with Crippen LogP contribution in [0.15, 0.2) is 186 Å². The number of rotatable bonds is 5. The van der Waals surface area contributed by atoms with E-state index in [1.807, 2.05) is 97.1 Å². The molecule has 1 nitrogen and oxygen atoms in total. The van der Waals surface area contributed by atoms with Gasteiger partial charge in [0.1, 0.15) is 11.2 Å². The zero-order chi connectivity index (χ0) is 44.3. The van der Waals surface area contributed by atoms with Crippen molar-refractivity contribution < 1.29 is 22.2 Å². The van der Waals surface area contributed by atoms with E-state index in [1.54, 1.807) is 6.07 Å². The van der Waals surface area contributed by atoms with Gasteiger partial charge in [0.2, 0.25) is 0 Å². The van der Waals surface area contributed by atoms with Crippen molar-refractivity contribution in [2.24, 2.45) is 0 Å². The number of para-hydroxylation sites is 1. The Morgan fingerprint density at radius 1 is 0.420 bits per heavy atom. The van der Waals surface area contributed by atoms with Gasteiger partial charge in [0.15, 0.2) is 0 Å². The average molecular weight is 650 g/mol. The zero-order valence-electron chi connectivity index (χ0n) is 39.4. The molecular weight excluding hydrogens is 605 g/mol. The quantitative estimate of drug-likeness (QED) is 0.169. The predicted molar refractivity (Wildman–Crippen MR) is 212 cm³/mol. The largest absolute Gasteiger partial charge is 0.455 e. The Labute approximate surface area is 308 Å². The van der Waals surface area contributed by atoms with E-state index in [4.69, 9.17) is 16.8 Å². The number of furan rings is 1. The van der Waals surface area contributed by atoms with Gasteiger partial charge in [-0.15, -0.1) is 0 Å². The van der Waals surface area contributed by atoms with Crippen LogP contribution in [-0.2, 0) is 6.42 Å². The van der Waals surface area contributed by atoms with E-state index in [0.717, 1.165) is 44.0 Å². The van der Waals surface area contributed by atoms with Crippen LogP contribution in [0.1, 0.15) is 28.9 Å². The summed E-state index contributed by atoms with van der Waals surface area (Å²) in [7, 11) is 0. The number of hydrogen-bond acceptors (Lipinski definition) is 1. The Morgan fingerprint density at radius 3 is 1.74 bits per heavy atom. The summed E-state index contributed by atoms with van der Waals surface area (Å²) in [4.78, 5) is 0. The molecule has 0 aliphatic rings. The van der Waals surface area contributed by atoms with Gasteiger partial charge in [0.25, 0.3) is 0 Å². The van der Waals surface area contributed by atoms with Gasteiger partial charge in [-0.25, -0.2) is 0 Å². The molecule has 1 heteroatoms. The standard InChI is InChI=1S/C49H32O/c1-3-15-32(16-4-1)31-45-37-21-9-11-23-40(37)47(41-24-12-10-22-38(41)45)43-30-29-39(35-19-7-8-20-36(35)43)42-26-14-28-46-48(42)44-27-13-25-34(49(44)50-46)33-17-5-2-6-18-33/h1-30H,31H2/i1D,3D,4D,9D,10D,11D,12D,15D,16D,21D,22D,23D,24D. The van der Waals surface area contributed by atoms with Crippen molar-refractivity contribution in [3.8, 4) is 33.4 Å². The van der Waals surface area contributed by atoms with Gasteiger partial charge in [0.05, 0.1) is 17.8 Å². The molecule has 0 amide bonds. The van der Waals surface area contributed by atoms with Crippen LogP contribution in [0.5, 0.6) is 0 Å². The lowest BCUT2D eigenvalue weighted by atomic mass is 9.84. The molecule has 0 fully saturated rings. The molecular formula is C49H32O. The van der Waals surface area contributed by atoms with E-state index in [-0.39, 0.29) is 38.2 Å². The molecule has 1 heterocycles. The van der Waals surface area contributed by atoms with Gasteiger partial charge in [-0.05, 0) is 83.7 Å². The van der Waals surface area contributed by atoms with Crippen LogP contribution in [-0.4, -0.2) is 0 Å². The minimum Gasteiger partial charge on any atom is -0.455 e. The Bertz CT molecular complexity index is 3520. The van der Waals surface area contributed by atoms with Gasteiger partial charge < -0.3 is 4.42 Å². The summed E-state index contributed by atoms with van der Waals surface area (Å²) in [6.07, 6.45) is -0.498. The first-order chi connectivity index (χ1) is 30.2. The van der Waals surface area contributed by atoms with Crippen LogP contribution >= 0.6 is 0 Å². The molecule has 0 spiro atoms.